The zero-order chi connectivity index (χ0) is 20.9. The van der Waals surface area contributed by atoms with Crippen LogP contribution in [0.5, 0.6) is 5.88 Å². The average Bonchev–Trinajstić information content (AvgIpc) is 3.17. The second-order valence-electron chi connectivity index (χ2n) is 7.82. The fourth-order valence-electron chi connectivity index (χ4n) is 4.01. The van der Waals surface area contributed by atoms with E-state index in [9.17, 15) is 8.42 Å². The molecule has 2 aromatic heterocycles. The number of fused-ring (bicyclic) bond motifs is 2. The molecule has 0 aromatic carbocycles. The first-order valence-corrected chi connectivity index (χ1v) is 12.5. The highest BCUT2D eigenvalue weighted by molar-refractivity contribution is 9.10. The van der Waals surface area contributed by atoms with Crippen LogP contribution < -0.4 is 4.74 Å². The van der Waals surface area contributed by atoms with E-state index in [1.165, 1.54) is 0 Å². The number of nitrogens with zero attached hydrogens (tertiary/aromatic N) is 4. The summed E-state index contributed by atoms with van der Waals surface area (Å²) in [6.07, 6.45) is 15.0. The van der Waals surface area contributed by atoms with Gasteiger partial charge in [-0.3, -0.25) is 4.99 Å². The van der Waals surface area contributed by atoms with Gasteiger partial charge >= 0.3 is 0 Å². The van der Waals surface area contributed by atoms with Crippen molar-refractivity contribution < 1.29 is 13.2 Å². The zero-order valence-electron chi connectivity index (χ0n) is 16.4. The maximum absolute atomic E-state index is 11.7. The summed E-state index contributed by atoms with van der Waals surface area (Å²) in [6, 6.07) is 0.144. The predicted molar refractivity (Wildman–Crippen MR) is 120 cm³/mol. The second kappa shape index (κ2) is 7.46. The van der Waals surface area contributed by atoms with Crippen LogP contribution in [0.25, 0.3) is 11.2 Å². The van der Waals surface area contributed by atoms with Crippen LogP contribution >= 0.6 is 15.9 Å². The Hall–Kier alpha value is -2.26. The summed E-state index contributed by atoms with van der Waals surface area (Å²) < 4.78 is 32.1. The van der Waals surface area contributed by atoms with Crippen molar-refractivity contribution in [2.45, 2.75) is 31.9 Å². The molecule has 9 heteroatoms. The van der Waals surface area contributed by atoms with Crippen LogP contribution in [0.1, 0.15) is 24.1 Å². The Bertz CT molecular complexity index is 1230. The lowest BCUT2D eigenvalue weighted by atomic mass is 9.90. The van der Waals surface area contributed by atoms with Crippen LogP contribution in [0, 0.1) is 12.8 Å². The molecule has 0 N–H and O–H groups in total. The van der Waals surface area contributed by atoms with Crippen molar-refractivity contribution in [2.24, 2.45) is 10.9 Å². The third-order valence-electron chi connectivity index (χ3n) is 5.77. The van der Waals surface area contributed by atoms with E-state index in [4.69, 9.17) is 9.72 Å². The molecular formula is C21H21BrN4O3S. The van der Waals surface area contributed by atoms with Crippen molar-refractivity contribution in [3.05, 3.63) is 52.3 Å². The van der Waals surface area contributed by atoms with E-state index in [1.807, 2.05) is 25.3 Å². The molecule has 2 aromatic rings. The van der Waals surface area contributed by atoms with E-state index in [1.54, 1.807) is 10.7 Å². The number of hydrogen-bond donors (Lipinski definition) is 0. The molecule has 1 fully saturated rings. The van der Waals surface area contributed by atoms with Crippen molar-refractivity contribution in [1.82, 2.24) is 14.6 Å². The highest BCUT2D eigenvalue weighted by atomic mass is 79.9. The molecule has 3 aliphatic rings. The zero-order valence-corrected chi connectivity index (χ0v) is 18.8. The molecular weight excluding hydrogens is 468 g/mol. The Kier molecular flexibility index (Phi) is 4.89. The summed E-state index contributed by atoms with van der Waals surface area (Å²) >= 11 is 3.58. The van der Waals surface area contributed by atoms with Gasteiger partial charge in [0.05, 0.1) is 29.4 Å². The van der Waals surface area contributed by atoms with Crippen molar-refractivity contribution in [3.63, 3.8) is 0 Å². The minimum Gasteiger partial charge on any atom is -0.473 e. The molecule has 7 nitrogen and oxygen atoms in total. The first-order valence-electron chi connectivity index (χ1n) is 9.92. The maximum atomic E-state index is 11.7. The van der Waals surface area contributed by atoms with E-state index in [2.05, 4.69) is 44.2 Å². The number of halogens is 1. The minimum atomic E-state index is -2.94. The van der Waals surface area contributed by atoms with Crippen molar-refractivity contribution >= 4 is 43.2 Å². The summed E-state index contributed by atoms with van der Waals surface area (Å²) in [4.78, 5) is 9.42. The summed E-state index contributed by atoms with van der Waals surface area (Å²) in [6.45, 7) is 1.95. The van der Waals surface area contributed by atoms with E-state index >= 15 is 0 Å². The largest absolute Gasteiger partial charge is 0.473 e. The molecule has 0 spiro atoms. The van der Waals surface area contributed by atoms with Gasteiger partial charge in [-0.2, -0.15) is 10.1 Å². The number of hydrogen-bond acceptors (Lipinski definition) is 6. The number of sulfone groups is 1. The summed E-state index contributed by atoms with van der Waals surface area (Å²) in [7, 11) is -2.94. The van der Waals surface area contributed by atoms with Crippen LogP contribution in [0.2, 0.25) is 0 Å². The fraction of sp³-hybridized carbons (Fsp3) is 0.381. The van der Waals surface area contributed by atoms with Gasteiger partial charge in [0.1, 0.15) is 10.6 Å². The van der Waals surface area contributed by atoms with Gasteiger partial charge in [0.25, 0.3) is 0 Å². The van der Waals surface area contributed by atoms with Crippen molar-refractivity contribution in [2.75, 3.05) is 11.5 Å². The Labute approximate surface area is 183 Å². The standard InChI is InChI=1S/C21H21BrN4O3S/c1-13-19(22)21(29-16-6-8-30(27,28)9-7-16)25-20-17(12-24-26(13)20)15-10-14-4-2-3-5-18(14)23-11-15/h2-5,10-12,14,16,18H,6-9H2,1H3. The Morgan fingerprint density at radius 1 is 1.20 bits per heavy atom. The molecule has 156 valence electrons. The molecule has 0 radical (unpaired) electrons. The fourth-order valence-corrected chi connectivity index (χ4v) is 5.80. The third kappa shape index (κ3) is 3.54. The normalized spacial score (nSPS) is 25.3. The van der Waals surface area contributed by atoms with Crippen molar-refractivity contribution in [3.8, 4) is 5.88 Å². The molecule has 0 amide bonds. The van der Waals surface area contributed by atoms with Gasteiger partial charge in [-0.25, -0.2) is 12.9 Å². The second-order valence-corrected chi connectivity index (χ2v) is 10.9. The SMILES string of the molecule is Cc1c(Br)c(OC2CCS(=O)(=O)CC2)nc2c(C3=CC4C=CC=CC4N=C3)cnn12. The number of ether oxygens (including phenoxy) is 1. The number of aromatic nitrogens is 3. The molecule has 0 bridgehead atoms. The van der Waals surface area contributed by atoms with Gasteiger partial charge in [-0.15, -0.1) is 0 Å². The van der Waals surface area contributed by atoms with E-state index < -0.39 is 9.84 Å². The Morgan fingerprint density at radius 2 is 1.97 bits per heavy atom. The van der Waals surface area contributed by atoms with Gasteiger partial charge in [-0.05, 0) is 35.7 Å². The molecule has 4 heterocycles. The smallest absolute Gasteiger partial charge is 0.232 e. The first kappa shape index (κ1) is 19.7. The van der Waals surface area contributed by atoms with Crippen LogP contribution in [0.3, 0.4) is 0 Å². The minimum absolute atomic E-state index is 0.144. The summed E-state index contributed by atoms with van der Waals surface area (Å²) in [5.41, 5.74) is 3.44. The van der Waals surface area contributed by atoms with Gasteiger partial charge in [-0.1, -0.05) is 30.4 Å². The molecule has 2 unspecified atom stereocenters. The lowest BCUT2D eigenvalue weighted by Crippen LogP contribution is -2.31. The number of allylic oxidation sites excluding steroid dienone is 3. The quantitative estimate of drug-likeness (QED) is 0.661. The Balaban J connectivity index is 1.50. The predicted octanol–water partition coefficient (Wildman–Crippen LogP) is 3.33. The van der Waals surface area contributed by atoms with E-state index in [0.29, 0.717) is 24.4 Å². The first-order chi connectivity index (χ1) is 14.4. The maximum Gasteiger partial charge on any atom is 0.232 e. The van der Waals surface area contributed by atoms with Gasteiger partial charge in [0.2, 0.25) is 5.88 Å². The van der Waals surface area contributed by atoms with E-state index in [-0.39, 0.29) is 29.6 Å². The van der Waals surface area contributed by atoms with Crippen LogP contribution in [0.4, 0.5) is 0 Å². The number of rotatable bonds is 3. The highest BCUT2D eigenvalue weighted by Crippen LogP contribution is 2.33. The van der Waals surface area contributed by atoms with Crippen molar-refractivity contribution in [1.29, 1.82) is 0 Å². The highest BCUT2D eigenvalue weighted by Gasteiger charge is 2.27. The van der Waals surface area contributed by atoms with E-state index in [0.717, 1.165) is 21.3 Å². The van der Waals surface area contributed by atoms with Gasteiger partial charge in [0.15, 0.2) is 15.5 Å². The monoisotopic (exact) mass is 488 g/mol. The molecule has 1 aliphatic carbocycles. The molecule has 30 heavy (non-hydrogen) atoms. The summed E-state index contributed by atoms with van der Waals surface area (Å²) in [5.74, 6) is 1.00. The Morgan fingerprint density at radius 3 is 2.77 bits per heavy atom. The lowest BCUT2D eigenvalue weighted by Gasteiger charge is -2.24. The summed E-state index contributed by atoms with van der Waals surface area (Å²) in [5, 5.41) is 4.52. The third-order valence-corrected chi connectivity index (χ3v) is 8.40. The lowest BCUT2D eigenvalue weighted by molar-refractivity contribution is 0.180. The number of aryl methyl sites for hydroxylation is 1. The van der Waals surface area contributed by atoms with Gasteiger partial charge in [0, 0.05) is 23.3 Å². The van der Waals surface area contributed by atoms with Crippen LogP contribution in [-0.4, -0.2) is 52.9 Å². The number of dihydropyridines is 1. The van der Waals surface area contributed by atoms with Gasteiger partial charge < -0.3 is 4.74 Å². The topological polar surface area (TPSA) is 85.9 Å². The molecule has 5 rings (SSSR count). The average molecular weight is 489 g/mol. The molecule has 2 aliphatic heterocycles. The van der Waals surface area contributed by atoms with Crippen LogP contribution in [0.15, 0.2) is 46.0 Å². The van der Waals surface area contributed by atoms with Crippen LogP contribution in [-0.2, 0) is 9.84 Å². The molecule has 2 atom stereocenters. The molecule has 0 saturated carbocycles. The number of aliphatic imine (C=N–C) groups is 1. The molecule has 1 saturated heterocycles.